The first-order chi connectivity index (χ1) is 7.75. The van der Waals surface area contributed by atoms with Gasteiger partial charge in [0, 0.05) is 6.04 Å². The summed E-state index contributed by atoms with van der Waals surface area (Å²) in [6, 6.07) is 5.96. The molecule has 1 aromatic carbocycles. The molecule has 0 bridgehead atoms. The van der Waals surface area contributed by atoms with Crippen LogP contribution in [0.2, 0.25) is 0 Å². The summed E-state index contributed by atoms with van der Waals surface area (Å²) in [6.45, 7) is 0.989. The van der Waals surface area contributed by atoms with Gasteiger partial charge < -0.3 is 5.32 Å². The minimum absolute atomic E-state index is 0. The predicted molar refractivity (Wildman–Crippen MR) is 75.3 cm³/mol. The van der Waals surface area contributed by atoms with E-state index >= 15 is 0 Å². The second kappa shape index (κ2) is 7.34. The van der Waals surface area contributed by atoms with Crippen LogP contribution in [-0.4, -0.2) is 12.6 Å². The van der Waals surface area contributed by atoms with Crippen molar-refractivity contribution in [2.24, 2.45) is 0 Å². The fourth-order valence-electron chi connectivity index (χ4n) is 2.25. The summed E-state index contributed by atoms with van der Waals surface area (Å²) in [5, 5.41) is 3.56. The summed E-state index contributed by atoms with van der Waals surface area (Å²) in [5.41, 5.74) is 1.18. The standard InChI is InChI=1S/C13H17BrFN.ClH/c14-12-9-10(5-6-13(12)15)7-8-16-11-3-1-2-4-11;/h5-6,9,11,16H,1-4,7-8H2;1H. The van der Waals surface area contributed by atoms with Gasteiger partial charge in [-0.15, -0.1) is 12.4 Å². The van der Waals surface area contributed by atoms with Gasteiger partial charge in [0.1, 0.15) is 5.82 Å². The molecule has 0 heterocycles. The van der Waals surface area contributed by atoms with Crippen LogP contribution in [0, 0.1) is 5.82 Å². The molecule has 1 N–H and O–H groups in total. The van der Waals surface area contributed by atoms with Gasteiger partial charge >= 0.3 is 0 Å². The molecule has 0 aromatic heterocycles. The zero-order valence-corrected chi connectivity index (χ0v) is 12.1. The van der Waals surface area contributed by atoms with Gasteiger partial charge in [0.05, 0.1) is 4.47 Å². The summed E-state index contributed by atoms with van der Waals surface area (Å²) in [5.74, 6) is -0.187. The topological polar surface area (TPSA) is 12.0 Å². The van der Waals surface area contributed by atoms with Gasteiger partial charge in [-0.1, -0.05) is 18.9 Å². The molecule has 0 aliphatic heterocycles. The smallest absolute Gasteiger partial charge is 0.137 e. The molecule has 0 amide bonds. The van der Waals surface area contributed by atoms with Crippen LogP contribution >= 0.6 is 28.3 Å². The molecule has 96 valence electrons. The Morgan fingerprint density at radius 1 is 1.29 bits per heavy atom. The summed E-state index contributed by atoms with van der Waals surface area (Å²) in [7, 11) is 0. The summed E-state index contributed by atoms with van der Waals surface area (Å²) in [6.07, 6.45) is 6.31. The lowest BCUT2D eigenvalue weighted by atomic mass is 10.1. The molecule has 2 rings (SSSR count). The molecule has 0 radical (unpaired) electrons. The molecule has 1 nitrogen and oxygen atoms in total. The third-order valence-electron chi connectivity index (χ3n) is 3.19. The van der Waals surface area contributed by atoms with Crippen molar-refractivity contribution < 1.29 is 4.39 Å². The SMILES string of the molecule is Cl.Fc1ccc(CCNC2CCCC2)cc1Br. The first-order valence-electron chi connectivity index (χ1n) is 5.93. The van der Waals surface area contributed by atoms with E-state index < -0.39 is 0 Å². The van der Waals surface area contributed by atoms with Crippen LogP contribution in [0.1, 0.15) is 31.2 Å². The normalized spacial score (nSPS) is 15.9. The Morgan fingerprint density at radius 3 is 2.65 bits per heavy atom. The van der Waals surface area contributed by atoms with E-state index in [0.717, 1.165) is 13.0 Å². The van der Waals surface area contributed by atoms with Crippen molar-refractivity contribution in [2.45, 2.75) is 38.1 Å². The second-order valence-corrected chi connectivity index (χ2v) is 5.29. The summed E-state index contributed by atoms with van der Waals surface area (Å²) < 4.78 is 13.6. The number of nitrogens with one attached hydrogen (secondary N) is 1. The number of hydrogen-bond acceptors (Lipinski definition) is 1. The number of hydrogen-bond donors (Lipinski definition) is 1. The average Bonchev–Trinajstić information content (AvgIpc) is 2.76. The van der Waals surface area contributed by atoms with Gasteiger partial charge in [0.25, 0.3) is 0 Å². The van der Waals surface area contributed by atoms with Crippen molar-refractivity contribution in [3.63, 3.8) is 0 Å². The Hall–Kier alpha value is -0.120. The maximum Gasteiger partial charge on any atom is 0.137 e. The monoisotopic (exact) mass is 321 g/mol. The van der Waals surface area contributed by atoms with E-state index in [2.05, 4.69) is 21.2 Å². The van der Waals surface area contributed by atoms with Crippen LogP contribution in [0.5, 0.6) is 0 Å². The molecule has 1 aromatic rings. The van der Waals surface area contributed by atoms with Crippen LogP contribution in [-0.2, 0) is 6.42 Å². The lowest BCUT2D eigenvalue weighted by Crippen LogP contribution is -2.27. The number of halogens is 3. The summed E-state index contributed by atoms with van der Waals surface area (Å²) in [4.78, 5) is 0. The zero-order chi connectivity index (χ0) is 11.4. The van der Waals surface area contributed by atoms with Crippen LogP contribution in [0.4, 0.5) is 4.39 Å². The highest BCUT2D eigenvalue weighted by atomic mass is 79.9. The Kier molecular flexibility index (Phi) is 6.45. The van der Waals surface area contributed by atoms with E-state index in [0.29, 0.717) is 10.5 Å². The molecule has 17 heavy (non-hydrogen) atoms. The van der Waals surface area contributed by atoms with Gasteiger partial charge in [0.2, 0.25) is 0 Å². The van der Waals surface area contributed by atoms with Crippen molar-refractivity contribution in [3.8, 4) is 0 Å². The van der Waals surface area contributed by atoms with Crippen LogP contribution in [0.25, 0.3) is 0 Å². The Bertz CT molecular complexity index is 353. The van der Waals surface area contributed by atoms with E-state index in [1.54, 1.807) is 0 Å². The van der Waals surface area contributed by atoms with E-state index in [1.807, 2.05) is 12.1 Å². The minimum atomic E-state index is -0.187. The Morgan fingerprint density at radius 2 is 2.00 bits per heavy atom. The van der Waals surface area contributed by atoms with Crippen LogP contribution in [0.15, 0.2) is 22.7 Å². The number of benzene rings is 1. The Labute approximate surface area is 117 Å². The van der Waals surface area contributed by atoms with E-state index in [4.69, 9.17) is 0 Å². The predicted octanol–water partition coefficient (Wildman–Crippen LogP) is 4.08. The fraction of sp³-hybridized carbons (Fsp3) is 0.538. The van der Waals surface area contributed by atoms with Crippen molar-refractivity contribution >= 4 is 28.3 Å². The van der Waals surface area contributed by atoms with Gasteiger partial charge in [-0.2, -0.15) is 0 Å². The highest BCUT2D eigenvalue weighted by Gasteiger charge is 2.13. The molecule has 0 saturated heterocycles. The van der Waals surface area contributed by atoms with E-state index in [1.165, 1.54) is 37.3 Å². The molecular formula is C13H18BrClFN. The zero-order valence-electron chi connectivity index (χ0n) is 9.72. The quantitative estimate of drug-likeness (QED) is 0.880. The first-order valence-corrected chi connectivity index (χ1v) is 6.72. The average molecular weight is 323 g/mol. The molecule has 1 aliphatic carbocycles. The molecule has 0 spiro atoms. The van der Waals surface area contributed by atoms with Crippen molar-refractivity contribution in [1.82, 2.24) is 5.32 Å². The molecular weight excluding hydrogens is 305 g/mol. The second-order valence-electron chi connectivity index (χ2n) is 4.43. The molecule has 1 saturated carbocycles. The van der Waals surface area contributed by atoms with E-state index in [-0.39, 0.29) is 18.2 Å². The van der Waals surface area contributed by atoms with Crippen LogP contribution in [0.3, 0.4) is 0 Å². The summed E-state index contributed by atoms with van der Waals surface area (Å²) >= 11 is 3.21. The lowest BCUT2D eigenvalue weighted by molar-refractivity contribution is 0.527. The van der Waals surface area contributed by atoms with Crippen molar-refractivity contribution in [3.05, 3.63) is 34.1 Å². The van der Waals surface area contributed by atoms with Gasteiger partial charge in [0.15, 0.2) is 0 Å². The van der Waals surface area contributed by atoms with Crippen molar-refractivity contribution in [1.29, 1.82) is 0 Å². The highest BCUT2D eigenvalue weighted by Crippen LogP contribution is 2.19. The third kappa shape index (κ3) is 4.57. The molecule has 4 heteroatoms. The maximum atomic E-state index is 13.0. The van der Waals surface area contributed by atoms with Crippen molar-refractivity contribution in [2.75, 3.05) is 6.54 Å². The maximum absolute atomic E-state index is 13.0. The molecule has 0 unspecified atom stereocenters. The molecule has 1 aliphatic rings. The minimum Gasteiger partial charge on any atom is -0.314 e. The third-order valence-corrected chi connectivity index (χ3v) is 3.79. The molecule has 0 atom stereocenters. The lowest BCUT2D eigenvalue weighted by Gasteiger charge is -2.11. The van der Waals surface area contributed by atoms with Gasteiger partial charge in [-0.25, -0.2) is 4.39 Å². The largest absolute Gasteiger partial charge is 0.314 e. The van der Waals surface area contributed by atoms with Gasteiger partial charge in [-0.05, 0) is 59.4 Å². The van der Waals surface area contributed by atoms with E-state index in [9.17, 15) is 4.39 Å². The fourth-order valence-corrected chi connectivity index (χ4v) is 2.67. The van der Waals surface area contributed by atoms with Crippen LogP contribution < -0.4 is 5.32 Å². The number of rotatable bonds is 4. The Balaban J connectivity index is 0.00000144. The highest BCUT2D eigenvalue weighted by molar-refractivity contribution is 9.10. The molecule has 1 fully saturated rings. The van der Waals surface area contributed by atoms with Gasteiger partial charge in [-0.3, -0.25) is 0 Å². The first kappa shape index (κ1) is 14.9.